The fraction of sp³-hybridized carbons (Fsp3) is 0.333. The van der Waals surface area contributed by atoms with Crippen LogP contribution in [0.1, 0.15) is 56.1 Å². The first-order valence-corrected chi connectivity index (χ1v) is 11.5. The van der Waals surface area contributed by atoms with Gasteiger partial charge >= 0.3 is 6.11 Å². The van der Waals surface area contributed by atoms with Crippen LogP contribution in [0.3, 0.4) is 0 Å². The number of hydrogen-bond donors (Lipinski definition) is 0. The van der Waals surface area contributed by atoms with Gasteiger partial charge in [0.25, 0.3) is 0 Å². The highest BCUT2D eigenvalue weighted by atomic mass is 19.3. The molecular weight excluding hydrogens is 492 g/mol. The van der Waals surface area contributed by atoms with Crippen LogP contribution >= 0.6 is 0 Å². The molecule has 0 amide bonds. The van der Waals surface area contributed by atoms with Gasteiger partial charge in [-0.2, -0.15) is 8.78 Å². The van der Waals surface area contributed by atoms with Crippen molar-refractivity contribution in [2.45, 2.75) is 51.1 Å². The van der Waals surface area contributed by atoms with Gasteiger partial charge in [-0.15, -0.1) is 0 Å². The predicted molar refractivity (Wildman–Crippen MR) is 118 cm³/mol. The van der Waals surface area contributed by atoms with E-state index in [9.17, 15) is 35.1 Å². The average molecular weight is 514 g/mol. The summed E-state index contributed by atoms with van der Waals surface area (Å²) in [6, 6.07) is 5.57. The van der Waals surface area contributed by atoms with Gasteiger partial charge in [0.1, 0.15) is 28.8 Å². The van der Waals surface area contributed by atoms with Crippen LogP contribution in [0.15, 0.2) is 42.5 Å². The number of halogens is 8. The normalized spacial score (nSPS) is 18.4. The fourth-order valence-electron chi connectivity index (χ4n) is 4.72. The molecular formula is C27H22F8O. The van der Waals surface area contributed by atoms with Crippen molar-refractivity contribution in [1.29, 1.82) is 0 Å². The Bertz CT molecular complexity index is 1220. The van der Waals surface area contributed by atoms with Crippen molar-refractivity contribution in [1.82, 2.24) is 0 Å². The quantitative estimate of drug-likeness (QED) is 0.236. The zero-order valence-electron chi connectivity index (χ0n) is 19.2. The Labute approximate surface area is 202 Å². The largest absolute Gasteiger partial charge is 0.432 e. The molecule has 4 rings (SSSR count). The van der Waals surface area contributed by atoms with Gasteiger partial charge in [0, 0.05) is 17.7 Å². The van der Waals surface area contributed by atoms with Gasteiger partial charge in [-0.1, -0.05) is 25.5 Å². The van der Waals surface area contributed by atoms with E-state index >= 15 is 0 Å². The molecule has 3 aromatic carbocycles. The summed E-state index contributed by atoms with van der Waals surface area (Å²) in [7, 11) is 0. The van der Waals surface area contributed by atoms with Crippen molar-refractivity contribution in [2.24, 2.45) is 5.92 Å². The average Bonchev–Trinajstić information content (AvgIpc) is 2.81. The van der Waals surface area contributed by atoms with E-state index in [1.54, 1.807) is 6.07 Å². The van der Waals surface area contributed by atoms with Gasteiger partial charge in [-0.05, 0) is 66.8 Å². The monoisotopic (exact) mass is 514 g/mol. The molecule has 0 bridgehead atoms. The maximum Gasteiger partial charge on any atom is 0.432 e. The van der Waals surface area contributed by atoms with E-state index in [0.29, 0.717) is 18.1 Å². The molecule has 0 spiro atoms. The van der Waals surface area contributed by atoms with Gasteiger partial charge in [0.2, 0.25) is 0 Å². The molecule has 0 radical (unpaired) electrons. The van der Waals surface area contributed by atoms with E-state index in [1.807, 2.05) is 0 Å². The molecule has 1 fully saturated rings. The maximum atomic E-state index is 14.9. The number of alkyl halides is 2. The molecule has 0 aliphatic heterocycles. The predicted octanol–water partition coefficient (Wildman–Crippen LogP) is 9.00. The van der Waals surface area contributed by atoms with Crippen molar-refractivity contribution >= 4 is 0 Å². The standard InChI is InChI=1S/C27H22F8O/c1-2-14-3-5-15(6-4-14)16-7-8-19(20(28)9-16)17-10-21(29)25(22(30)11-17)27(34,35)36-18-12-23(31)26(33)24(32)13-18/h7-15H,2-6H2,1H3. The second-order valence-corrected chi connectivity index (χ2v) is 9.00. The molecule has 0 atom stereocenters. The second kappa shape index (κ2) is 10.1. The van der Waals surface area contributed by atoms with Crippen molar-refractivity contribution in [3.05, 3.63) is 88.5 Å². The summed E-state index contributed by atoms with van der Waals surface area (Å²) in [6.45, 7) is 2.13. The van der Waals surface area contributed by atoms with Gasteiger partial charge in [-0.25, -0.2) is 26.3 Å². The minimum absolute atomic E-state index is 0.113. The van der Waals surface area contributed by atoms with Crippen molar-refractivity contribution < 1.29 is 39.9 Å². The van der Waals surface area contributed by atoms with Gasteiger partial charge < -0.3 is 4.74 Å². The smallest absolute Gasteiger partial charge is 0.429 e. The number of ether oxygens (including phenoxy) is 1. The fourth-order valence-corrected chi connectivity index (χ4v) is 4.72. The lowest BCUT2D eigenvalue weighted by Crippen LogP contribution is -2.25. The van der Waals surface area contributed by atoms with Gasteiger partial charge in [0.05, 0.1) is 0 Å². The molecule has 0 aromatic heterocycles. The topological polar surface area (TPSA) is 9.23 Å². The van der Waals surface area contributed by atoms with Crippen LogP contribution in [-0.2, 0) is 6.11 Å². The summed E-state index contributed by atoms with van der Waals surface area (Å²) in [5, 5.41) is 0. The highest BCUT2D eigenvalue weighted by molar-refractivity contribution is 5.65. The molecule has 9 heteroatoms. The highest BCUT2D eigenvalue weighted by Crippen LogP contribution is 2.40. The number of rotatable bonds is 6. The molecule has 1 aliphatic rings. The van der Waals surface area contributed by atoms with Crippen LogP contribution in [0.4, 0.5) is 35.1 Å². The summed E-state index contributed by atoms with van der Waals surface area (Å²) < 4.78 is 117. The van der Waals surface area contributed by atoms with Crippen LogP contribution in [0.25, 0.3) is 11.1 Å². The Kier molecular flexibility index (Phi) is 7.29. The molecule has 3 aromatic rings. The van der Waals surface area contributed by atoms with Crippen LogP contribution in [0.5, 0.6) is 5.75 Å². The second-order valence-electron chi connectivity index (χ2n) is 9.00. The molecule has 1 aliphatic carbocycles. The van der Waals surface area contributed by atoms with Gasteiger partial charge in [-0.3, -0.25) is 0 Å². The zero-order valence-corrected chi connectivity index (χ0v) is 19.2. The number of benzene rings is 3. The summed E-state index contributed by atoms with van der Waals surface area (Å²) in [5.74, 6) is -10.2. The van der Waals surface area contributed by atoms with Gasteiger partial charge in [0.15, 0.2) is 17.5 Å². The van der Waals surface area contributed by atoms with Crippen LogP contribution in [0, 0.1) is 40.8 Å². The van der Waals surface area contributed by atoms with Crippen molar-refractivity contribution in [3.63, 3.8) is 0 Å². The number of hydrogen-bond acceptors (Lipinski definition) is 1. The van der Waals surface area contributed by atoms with Crippen LogP contribution < -0.4 is 4.74 Å². The lowest BCUT2D eigenvalue weighted by atomic mass is 9.77. The Morgan fingerprint density at radius 1 is 0.750 bits per heavy atom. The third-order valence-corrected chi connectivity index (χ3v) is 6.74. The first-order chi connectivity index (χ1) is 17.0. The highest BCUT2D eigenvalue weighted by Gasteiger charge is 2.41. The van der Waals surface area contributed by atoms with Crippen molar-refractivity contribution in [3.8, 4) is 16.9 Å². The molecule has 0 heterocycles. The molecule has 1 saturated carbocycles. The molecule has 192 valence electrons. The lowest BCUT2D eigenvalue weighted by Gasteiger charge is -2.28. The Morgan fingerprint density at radius 3 is 1.86 bits per heavy atom. The summed E-state index contributed by atoms with van der Waals surface area (Å²) in [4.78, 5) is 0. The first-order valence-electron chi connectivity index (χ1n) is 11.5. The first kappa shape index (κ1) is 26.0. The third-order valence-electron chi connectivity index (χ3n) is 6.74. The Morgan fingerprint density at radius 2 is 1.33 bits per heavy atom. The molecule has 0 N–H and O–H groups in total. The third kappa shape index (κ3) is 5.20. The molecule has 1 nitrogen and oxygen atoms in total. The van der Waals surface area contributed by atoms with E-state index in [-0.39, 0.29) is 29.2 Å². The summed E-state index contributed by atoms with van der Waals surface area (Å²) >= 11 is 0. The van der Waals surface area contributed by atoms with E-state index in [2.05, 4.69) is 11.7 Å². The molecule has 0 unspecified atom stereocenters. The minimum Gasteiger partial charge on any atom is -0.429 e. The van der Waals surface area contributed by atoms with Crippen molar-refractivity contribution in [2.75, 3.05) is 0 Å². The molecule has 36 heavy (non-hydrogen) atoms. The lowest BCUT2D eigenvalue weighted by molar-refractivity contribution is -0.189. The van der Waals surface area contributed by atoms with E-state index in [1.165, 1.54) is 12.1 Å². The van der Waals surface area contributed by atoms with E-state index in [0.717, 1.165) is 37.7 Å². The summed E-state index contributed by atoms with van der Waals surface area (Å²) in [5.41, 5.74) is -1.58. The van der Waals surface area contributed by atoms with E-state index < -0.39 is 52.3 Å². The van der Waals surface area contributed by atoms with Crippen LogP contribution in [0.2, 0.25) is 0 Å². The summed E-state index contributed by atoms with van der Waals surface area (Å²) in [6.07, 6.45) is 0.266. The zero-order chi connectivity index (χ0) is 26.2. The molecule has 0 saturated heterocycles. The SMILES string of the molecule is CCC1CCC(c2ccc(-c3cc(F)c(C(F)(F)Oc4cc(F)c(F)c(F)c4)c(F)c3)c(F)c2)CC1. The van der Waals surface area contributed by atoms with E-state index in [4.69, 9.17) is 0 Å². The Balaban J connectivity index is 1.60. The minimum atomic E-state index is -4.72. The Hall–Kier alpha value is -3.10. The maximum absolute atomic E-state index is 14.9. The van der Waals surface area contributed by atoms with Crippen LogP contribution in [-0.4, -0.2) is 0 Å².